The topological polar surface area (TPSA) is 41.7 Å². The highest BCUT2D eigenvalue weighted by Gasteiger charge is 2.17. The molecule has 1 aliphatic heterocycles. The maximum Gasteiger partial charge on any atom is 0.177 e. The van der Waals surface area contributed by atoms with Crippen LogP contribution in [0.1, 0.15) is 37.8 Å². The van der Waals surface area contributed by atoms with Gasteiger partial charge in [0.2, 0.25) is 0 Å². The van der Waals surface area contributed by atoms with Gasteiger partial charge < -0.3 is 4.57 Å². The highest BCUT2D eigenvalue weighted by Crippen LogP contribution is 2.22. The molecule has 5 heteroatoms. The molecule has 0 saturated heterocycles. The Morgan fingerprint density at radius 2 is 2.21 bits per heavy atom. The van der Waals surface area contributed by atoms with Crippen LogP contribution in [0.5, 0.6) is 0 Å². The molecule has 4 nitrogen and oxygen atoms in total. The Morgan fingerprint density at radius 1 is 1.37 bits per heavy atom. The Bertz CT molecular complexity index is 497. The Labute approximate surface area is 118 Å². The summed E-state index contributed by atoms with van der Waals surface area (Å²) in [4.78, 5) is 4.79. The van der Waals surface area contributed by atoms with E-state index in [0.717, 1.165) is 16.6 Å². The summed E-state index contributed by atoms with van der Waals surface area (Å²) < 4.78 is 2.10. The molecule has 0 unspecified atom stereocenters. The number of aryl methyl sites for hydroxylation is 1. The number of aromatic nitrogens is 1. The first-order chi connectivity index (χ1) is 9.33. The van der Waals surface area contributed by atoms with E-state index in [9.17, 15) is 0 Å². The molecule has 1 fully saturated rings. The van der Waals surface area contributed by atoms with Gasteiger partial charge in [0.25, 0.3) is 0 Å². The molecule has 2 aliphatic rings. The second kappa shape index (κ2) is 5.82. The molecule has 1 aromatic heterocycles. The molecule has 0 bridgehead atoms. The van der Waals surface area contributed by atoms with Gasteiger partial charge in [0, 0.05) is 19.0 Å². The summed E-state index contributed by atoms with van der Waals surface area (Å²) in [5.74, 6) is 0.899. The van der Waals surface area contributed by atoms with Crippen LogP contribution in [0.15, 0.2) is 28.4 Å². The molecule has 102 valence electrons. The number of amidine groups is 1. The Morgan fingerprint density at radius 3 is 2.84 bits per heavy atom. The highest BCUT2D eigenvalue weighted by atomic mass is 32.2. The largest absolute Gasteiger partial charge is 0.350 e. The van der Waals surface area contributed by atoms with Crippen molar-refractivity contribution in [2.24, 2.45) is 17.1 Å². The minimum Gasteiger partial charge on any atom is -0.350 e. The quantitative estimate of drug-likeness (QED) is 0.902. The zero-order valence-corrected chi connectivity index (χ0v) is 12.1. The lowest BCUT2D eigenvalue weighted by atomic mass is 9.96. The SMILES string of the molecule is Cn1cccc1C1=NNC(=NC2CCCCC2)SC1. The van der Waals surface area contributed by atoms with Crippen molar-refractivity contribution in [3.8, 4) is 0 Å². The normalized spacial score (nSPS) is 23.2. The number of rotatable bonds is 2. The van der Waals surface area contributed by atoms with Crippen LogP contribution in [-0.4, -0.2) is 27.2 Å². The fraction of sp³-hybridized carbons (Fsp3) is 0.571. The van der Waals surface area contributed by atoms with E-state index in [4.69, 9.17) is 4.99 Å². The van der Waals surface area contributed by atoms with E-state index in [0.29, 0.717) is 6.04 Å². The molecule has 1 aromatic rings. The number of nitrogens with zero attached hydrogens (tertiary/aromatic N) is 3. The van der Waals surface area contributed by atoms with Gasteiger partial charge in [-0.15, -0.1) is 0 Å². The van der Waals surface area contributed by atoms with E-state index >= 15 is 0 Å². The van der Waals surface area contributed by atoms with Crippen molar-refractivity contribution in [1.82, 2.24) is 9.99 Å². The fourth-order valence-corrected chi connectivity index (χ4v) is 3.47. The molecule has 1 N–H and O–H groups in total. The average Bonchev–Trinajstić information content (AvgIpc) is 2.87. The number of nitrogens with one attached hydrogen (secondary N) is 1. The minimum absolute atomic E-state index is 0.510. The average molecular weight is 276 g/mol. The zero-order chi connectivity index (χ0) is 13.1. The fourth-order valence-electron chi connectivity index (χ4n) is 2.65. The van der Waals surface area contributed by atoms with Crippen LogP contribution in [0.25, 0.3) is 0 Å². The predicted molar refractivity (Wildman–Crippen MR) is 81.9 cm³/mol. The number of hydrazone groups is 1. The number of aliphatic imine (C=N–C) groups is 1. The molecule has 0 spiro atoms. The second-order valence-corrected chi connectivity index (χ2v) is 6.15. The van der Waals surface area contributed by atoms with Gasteiger partial charge in [-0.3, -0.25) is 10.4 Å². The molecule has 3 rings (SSSR count). The summed E-state index contributed by atoms with van der Waals surface area (Å²) in [7, 11) is 2.05. The standard InChI is InChI=1S/C14H20N4S/c1-18-9-5-8-13(18)12-10-19-14(17-16-12)15-11-6-3-2-4-7-11/h5,8-9,11H,2-4,6-7,10H2,1H3,(H,15,17). The molecular weight excluding hydrogens is 256 g/mol. The predicted octanol–water partition coefficient (Wildman–Crippen LogP) is 2.75. The molecule has 1 aliphatic carbocycles. The lowest BCUT2D eigenvalue weighted by Gasteiger charge is -2.21. The molecule has 19 heavy (non-hydrogen) atoms. The first kappa shape index (κ1) is 12.8. The monoisotopic (exact) mass is 276 g/mol. The Hall–Kier alpha value is -1.23. The lowest BCUT2D eigenvalue weighted by molar-refractivity contribution is 0.443. The van der Waals surface area contributed by atoms with Gasteiger partial charge in [0.05, 0.1) is 17.4 Å². The van der Waals surface area contributed by atoms with Crippen LogP contribution in [0.2, 0.25) is 0 Å². The minimum atomic E-state index is 0.510. The number of thioether (sulfide) groups is 1. The zero-order valence-electron chi connectivity index (χ0n) is 11.3. The lowest BCUT2D eigenvalue weighted by Crippen LogP contribution is -2.28. The molecule has 2 heterocycles. The summed E-state index contributed by atoms with van der Waals surface area (Å²) in [6.07, 6.45) is 8.54. The van der Waals surface area contributed by atoms with Gasteiger partial charge in [-0.25, -0.2) is 0 Å². The smallest absolute Gasteiger partial charge is 0.177 e. The van der Waals surface area contributed by atoms with Gasteiger partial charge in [-0.2, -0.15) is 5.10 Å². The molecule has 1 saturated carbocycles. The molecular formula is C14H20N4S. The van der Waals surface area contributed by atoms with Crippen LogP contribution >= 0.6 is 11.8 Å². The van der Waals surface area contributed by atoms with Crippen molar-refractivity contribution >= 4 is 22.6 Å². The van der Waals surface area contributed by atoms with Crippen LogP contribution in [0.3, 0.4) is 0 Å². The molecule has 0 aromatic carbocycles. The third kappa shape index (κ3) is 3.03. The van der Waals surface area contributed by atoms with Crippen LogP contribution in [0, 0.1) is 0 Å². The molecule has 0 amide bonds. The van der Waals surface area contributed by atoms with Crippen molar-refractivity contribution in [2.75, 3.05) is 5.75 Å². The van der Waals surface area contributed by atoms with Crippen LogP contribution < -0.4 is 5.43 Å². The summed E-state index contributed by atoms with van der Waals surface area (Å²) in [5, 5.41) is 5.46. The summed E-state index contributed by atoms with van der Waals surface area (Å²) in [6.45, 7) is 0. The highest BCUT2D eigenvalue weighted by molar-refractivity contribution is 8.14. The van der Waals surface area contributed by atoms with Crippen molar-refractivity contribution in [1.29, 1.82) is 0 Å². The molecule has 0 atom stereocenters. The third-order valence-electron chi connectivity index (χ3n) is 3.75. The summed E-state index contributed by atoms with van der Waals surface area (Å²) in [5.41, 5.74) is 5.39. The van der Waals surface area contributed by atoms with E-state index in [1.807, 2.05) is 19.3 Å². The van der Waals surface area contributed by atoms with Gasteiger partial charge >= 0.3 is 0 Å². The molecule has 0 radical (unpaired) electrons. The van der Waals surface area contributed by atoms with Crippen LogP contribution in [-0.2, 0) is 7.05 Å². The van der Waals surface area contributed by atoms with E-state index in [1.165, 1.54) is 37.8 Å². The summed E-state index contributed by atoms with van der Waals surface area (Å²) in [6, 6.07) is 4.66. The van der Waals surface area contributed by atoms with Gasteiger partial charge in [0.15, 0.2) is 5.17 Å². The van der Waals surface area contributed by atoms with E-state index < -0.39 is 0 Å². The third-order valence-corrected chi connectivity index (χ3v) is 4.63. The summed E-state index contributed by atoms with van der Waals surface area (Å²) >= 11 is 1.77. The van der Waals surface area contributed by atoms with Crippen molar-refractivity contribution in [2.45, 2.75) is 38.1 Å². The van der Waals surface area contributed by atoms with Crippen molar-refractivity contribution in [3.05, 3.63) is 24.0 Å². The van der Waals surface area contributed by atoms with E-state index in [2.05, 4.69) is 21.2 Å². The van der Waals surface area contributed by atoms with Gasteiger partial charge in [0.1, 0.15) is 0 Å². The van der Waals surface area contributed by atoms with E-state index in [-0.39, 0.29) is 0 Å². The second-order valence-electron chi connectivity index (χ2n) is 5.19. The number of hydrogen-bond donors (Lipinski definition) is 1. The Kier molecular flexibility index (Phi) is 3.92. The van der Waals surface area contributed by atoms with Crippen molar-refractivity contribution < 1.29 is 0 Å². The van der Waals surface area contributed by atoms with Crippen LogP contribution in [0.4, 0.5) is 0 Å². The maximum atomic E-state index is 4.79. The van der Waals surface area contributed by atoms with E-state index in [1.54, 1.807) is 11.8 Å². The number of hydrogen-bond acceptors (Lipinski definition) is 3. The maximum absolute atomic E-state index is 4.79. The van der Waals surface area contributed by atoms with Gasteiger partial charge in [-0.05, 0) is 25.0 Å². The first-order valence-corrected chi connectivity index (χ1v) is 7.96. The van der Waals surface area contributed by atoms with Crippen molar-refractivity contribution in [3.63, 3.8) is 0 Å². The first-order valence-electron chi connectivity index (χ1n) is 6.98. The Balaban J connectivity index is 1.66. The van der Waals surface area contributed by atoms with Gasteiger partial charge in [-0.1, -0.05) is 31.0 Å².